The highest BCUT2D eigenvalue weighted by Gasteiger charge is 2.08. The lowest BCUT2D eigenvalue weighted by Gasteiger charge is -2.17. The molecule has 0 amide bonds. The molecule has 0 N–H and O–H groups in total. The van der Waals surface area contributed by atoms with E-state index in [1.165, 1.54) is 12.8 Å². The van der Waals surface area contributed by atoms with Crippen molar-refractivity contribution in [2.24, 2.45) is 11.8 Å². The summed E-state index contributed by atoms with van der Waals surface area (Å²) in [4.78, 5) is 0. The van der Waals surface area contributed by atoms with E-state index in [9.17, 15) is 0 Å². The summed E-state index contributed by atoms with van der Waals surface area (Å²) < 4.78 is 0. The Balaban J connectivity index is 4.32. The Labute approximate surface area is 78.1 Å². The van der Waals surface area contributed by atoms with Crippen LogP contribution in [-0.4, -0.2) is 0 Å². The molecule has 0 heterocycles. The third kappa shape index (κ3) is 3.42. The first-order chi connectivity index (χ1) is 5.50. The van der Waals surface area contributed by atoms with Gasteiger partial charge in [0.05, 0.1) is 0 Å². The van der Waals surface area contributed by atoms with Gasteiger partial charge >= 0.3 is 0 Å². The number of rotatable bonds is 4. The number of hydrogen-bond acceptors (Lipinski definition) is 0. The molecule has 12 heavy (non-hydrogen) atoms. The van der Waals surface area contributed by atoms with Crippen LogP contribution >= 0.6 is 0 Å². The minimum Gasteiger partial charge on any atom is -0.0716 e. The molecule has 72 valence electrons. The molecule has 0 rings (SSSR count). The minimum absolute atomic E-state index is 0.712. The average molecular weight is 168 g/mol. The van der Waals surface area contributed by atoms with E-state index in [1.807, 2.05) is 0 Å². The van der Waals surface area contributed by atoms with E-state index < -0.39 is 0 Å². The van der Waals surface area contributed by atoms with Crippen LogP contribution in [-0.2, 0) is 0 Å². The van der Waals surface area contributed by atoms with E-state index in [0.29, 0.717) is 5.92 Å². The van der Waals surface area contributed by atoms with Gasteiger partial charge in [0.2, 0.25) is 0 Å². The molecule has 0 aromatic heterocycles. The third-order valence-corrected chi connectivity index (χ3v) is 2.95. The van der Waals surface area contributed by atoms with Gasteiger partial charge in [-0.25, -0.2) is 0 Å². The normalized spacial score (nSPS) is 16.2. The second-order valence-electron chi connectivity index (χ2n) is 4.21. The SMILES string of the molecule is CCCC(C)C(C)=C(C)C(C)C. The maximum Gasteiger partial charge on any atom is -0.0232 e. The highest BCUT2D eigenvalue weighted by molar-refractivity contribution is 5.13. The molecule has 0 fully saturated rings. The van der Waals surface area contributed by atoms with E-state index in [-0.39, 0.29) is 0 Å². The van der Waals surface area contributed by atoms with Gasteiger partial charge in [0, 0.05) is 0 Å². The Hall–Kier alpha value is -0.260. The van der Waals surface area contributed by atoms with Gasteiger partial charge < -0.3 is 0 Å². The van der Waals surface area contributed by atoms with Gasteiger partial charge in [-0.2, -0.15) is 0 Å². The Kier molecular flexibility index (Phi) is 5.28. The van der Waals surface area contributed by atoms with Gasteiger partial charge in [0.25, 0.3) is 0 Å². The maximum absolute atomic E-state index is 2.34. The summed E-state index contributed by atoms with van der Waals surface area (Å²) in [6.07, 6.45) is 2.62. The molecule has 0 radical (unpaired) electrons. The van der Waals surface area contributed by atoms with Crippen LogP contribution in [0.5, 0.6) is 0 Å². The van der Waals surface area contributed by atoms with Crippen molar-refractivity contribution in [3.63, 3.8) is 0 Å². The summed E-state index contributed by atoms with van der Waals surface area (Å²) in [6, 6.07) is 0. The Bertz CT molecular complexity index is 151. The summed E-state index contributed by atoms with van der Waals surface area (Å²) in [5.41, 5.74) is 3.18. The zero-order chi connectivity index (χ0) is 9.72. The Morgan fingerprint density at radius 1 is 1.00 bits per heavy atom. The Morgan fingerprint density at radius 2 is 1.50 bits per heavy atom. The fraction of sp³-hybridized carbons (Fsp3) is 0.833. The second kappa shape index (κ2) is 5.40. The summed E-state index contributed by atoms with van der Waals surface area (Å²) in [6.45, 7) is 13.7. The molecule has 0 bridgehead atoms. The zero-order valence-electron chi connectivity index (χ0n) is 9.57. The molecule has 0 aliphatic heterocycles. The highest BCUT2D eigenvalue weighted by atomic mass is 14.1. The van der Waals surface area contributed by atoms with Crippen LogP contribution in [0.25, 0.3) is 0 Å². The van der Waals surface area contributed by atoms with E-state index in [4.69, 9.17) is 0 Å². The molecule has 0 saturated heterocycles. The van der Waals surface area contributed by atoms with Crippen molar-refractivity contribution in [3.8, 4) is 0 Å². The predicted octanol–water partition coefficient (Wildman–Crippen LogP) is 4.42. The largest absolute Gasteiger partial charge is 0.0716 e. The average Bonchev–Trinajstić information content (AvgIpc) is 2.02. The maximum atomic E-state index is 2.34. The number of allylic oxidation sites excluding steroid dienone is 2. The minimum atomic E-state index is 0.712. The molecular formula is C12H24. The van der Waals surface area contributed by atoms with E-state index >= 15 is 0 Å². The molecule has 0 saturated carbocycles. The molecule has 1 unspecified atom stereocenters. The van der Waals surface area contributed by atoms with Crippen LogP contribution < -0.4 is 0 Å². The van der Waals surface area contributed by atoms with Gasteiger partial charge in [-0.05, 0) is 32.1 Å². The molecule has 0 nitrogen and oxygen atoms in total. The molecule has 0 aromatic rings. The van der Waals surface area contributed by atoms with Crippen LogP contribution in [0.4, 0.5) is 0 Å². The second-order valence-corrected chi connectivity index (χ2v) is 4.21. The van der Waals surface area contributed by atoms with Crippen molar-refractivity contribution >= 4 is 0 Å². The molecule has 0 spiro atoms. The molecule has 0 aliphatic rings. The quantitative estimate of drug-likeness (QED) is 0.545. The van der Waals surface area contributed by atoms with Crippen molar-refractivity contribution in [1.82, 2.24) is 0 Å². The van der Waals surface area contributed by atoms with Gasteiger partial charge in [0.15, 0.2) is 0 Å². The standard InChI is InChI=1S/C12H24/c1-7-8-10(4)12(6)11(5)9(2)3/h9-10H,7-8H2,1-6H3. The van der Waals surface area contributed by atoms with Gasteiger partial charge in [0.1, 0.15) is 0 Å². The third-order valence-electron chi connectivity index (χ3n) is 2.95. The van der Waals surface area contributed by atoms with Crippen molar-refractivity contribution in [1.29, 1.82) is 0 Å². The first-order valence-electron chi connectivity index (χ1n) is 5.17. The van der Waals surface area contributed by atoms with Crippen LogP contribution in [0.3, 0.4) is 0 Å². The van der Waals surface area contributed by atoms with Gasteiger partial charge in [-0.1, -0.05) is 45.3 Å². The summed E-state index contributed by atoms with van der Waals surface area (Å²) in [5.74, 6) is 1.49. The van der Waals surface area contributed by atoms with Crippen LogP contribution in [0.15, 0.2) is 11.1 Å². The van der Waals surface area contributed by atoms with Gasteiger partial charge in [-0.15, -0.1) is 0 Å². The smallest absolute Gasteiger partial charge is 0.0232 e. The highest BCUT2D eigenvalue weighted by Crippen LogP contribution is 2.23. The van der Waals surface area contributed by atoms with Crippen molar-refractivity contribution in [3.05, 3.63) is 11.1 Å². The van der Waals surface area contributed by atoms with Crippen molar-refractivity contribution in [2.45, 2.75) is 54.4 Å². The lowest BCUT2D eigenvalue weighted by molar-refractivity contribution is 0.582. The monoisotopic (exact) mass is 168 g/mol. The van der Waals surface area contributed by atoms with Crippen LogP contribution in [0.2, 0.25) is 0 Å². The first-order valence-corrected chi connectivity index (χ1v) is 5.17. The van der Waals surface area contributed by atoms with Gasteiger partial charge in [-0.3, -0.25) is 0 Å². The lowest BCUT2D eigenvalue weighted by atomic mass is 9.89. The molecule has 0 aromatic carbocycles. The zero-order valence-corrected chi connectivity index (χ0v) is 9.57. The Morgan fingerprint density at radius 3 is 1.83 bits per heavy atom. The molecule has 0 heteroatoms. The fourth-order valence-corrected chi connectivity index (χ4v) is 1.49. The van der Waals surface area contributed by atoms with E-state index in [2.05, 4.69) is 41.5 Å². The molecule has 1 atom stereocenters. The summed E-state index contributed by atoms with van der Waals surface area (Å²) in [7, 11) is 0. The summed E-state index contributed by atoms with van der Waals surface area (Å²) in [5, 5.41) is 0. The lowest BCUT2D eigenvalue weighted by Crippen LogP contribution is -2.02. The van der Waals surface area contributed by atoms with Crippen LogP contribution in [0, 0.1) is 11.8 Å². The summed E-state index contributed by atoms with van der Waals surface area (Å²) >= 11 is 0. The topological polar surface area (TPSA) is 0 Å². The van der Waals surface area contributed by atoms with E-state index in [1.54, 1.807) is 11.1 Å². The predicted molar refractivity (Wildman–Crippen MR) is 57.3 cm³/mol. The van der Waals surface area contributed by atoms with Crippen molar-refractivity contribution in [2.75, 3.05) is 0 Å². The fourth-order valence-electron chi connectivity index (χ4n) is 1.49. The molecule has 0 aliphatic carbocycles. The molecular weight excluding hydrogens is 144 g/mol. The van der Waals surface area contributed by atoms with Crippen molar-refractivity contribution < 1.29 is 0 Å². The number of hydrogen-bond donors (Lipinski definition) is 0. The van der Waals surface area contributed by atoms with E-state index in [0.717, 1.165) is 5.92 Å². The van der Waals surface area contributed by atoms with Crippen LogP contribution in [0.1, 0.15) is 54.4 Å². The first kappa shape index (κ1) is 11.7.